The maximum Gasteiger partial charge on any atom is 0.256 e. The van der Waals surface area contributed by atoms with Crippen LogP contribution < -0.4 is 0 Å². The van der Waals surface area contributed by atoms with Crippen LogP contribution in [0, 0.1) is 6.92 Å². The summed E-state index contributed by atoms with van der Waals surface area (Å²) in [5, 5.41) is 1.01. The summed E-state index contributed by atoms with van der Waals surface area (Å²) in [7, 11) is 0. The van der Waals surface area contributed by atoms with Crippen LogP contribution >= 0.6 is 0 Å². The number of amides is 1. The van der Waals surface area contributed by atoms with Crippen molar-refractivity contribution in [3.63, 3.8) is 0 Å². The van der Waals surface area contributed by atoms with E-state index in [4.69, 9.17) is 4.74 Å². The maximum atomic E-state index is 13.2. The number of benzene rings is 2. The summed E-state index contributed by atoms with van der Waals surface area (Å²) in [6, 6.07) is 16.5. The fourth-order valence-corrected chi connectivity index (χ4v) is 4.58. The number of piperidine rings is 1. The van der Waals surface area contributed by atoms with Crippen LogP contribution in [-0.4, -0.2) is 28.9 Å². The topological polar surface area (TPSA) is 45.3 Å². The molecule has 5 rings (SSSR count). The van der Waals surface area contributed by atoms with Gasteiger partial charge in [-0.3, -0.25) is 4.79 Å². The number of carbonyl (C=O) groups is 1. The number of carbonyl (C=O) groups excluding carboxylic acids is 1. The van der Waals surface area contributed by atoms with Crippen LogP contribution in [0.2, 0.25) is 0 Å². The number of H-pyrrole nitrogens is 1. The SMILES string of the molecule is Cc1[nH]c2ccccc2c1C(=O)N1CCC2(CC1)OCc1ccccc12. The molecule has 26 heavy (non-hydrogen) atoms. The molecular formula is C22H22N2O2. The molecule has 4 nitrogen and oxygen atoms in total. The Bertz CT molecular complexity index is 996. The largest absolute Gasteiger partial charge is 0.365 e. The normalized spacial score (nSPS) is 18.4. The molecule has 0 unspecified atom stereocenters. The zero-order valence-electron chi connectivity index (χ0n) is 14.9. The quantitative estimate of drug-likeness (QED) is 0.720. The van der Waals surface area contributed by atoms with Crippen LogP contribution in [0.4, 0.5) is 0 Å². The van der Waals surface area contributed by atoms with Gasteiger partial charge in [-0.1, -0.05) is 42.5 Å². The minimum Gasteiger partial charge on any atom is -0.365 e. The lowest BCUT2D eigenvalue weighted by molar-refractivity contribution is -0.0741. The lowest BCUT2D eigenvalue weighted by Crippen LogP contribution is -2.45. The van der Waals surface area contributed by atoms with E-state index in [9.17, 15) is 4.79 Å². The molecule has 0 radical (unpaired) electrons. The number of aromatic nitrogens is 1. The van der Waals surface area contributed by atoms with Gasteiger partial charge in [0, 0.05) is 29.7 Å². The Morgan fingerprint density at radius 1 is 1.08 bits per heavy atom. The molecule has 1 fully saturated rings. The number of hydrogen-bond donors (Lipinski definition) is 1. The number of para-hydroxylation sites is 1. The van der Waals surface area contributed by atoms with Gasteiger partial charge in [0.1, 0.15) is 0 Å². The number of aryl methyl sites for hydroxylation is 1. The van der Waals surface area contributed by atoms with Gasteiger partial charge in [0.25, 0.3) is 5.91 Å². The highest BCUT2D eigenvalue weighted by molar-refractivity contribution is 6.08. The van der Waals surface area contributed by atoms with Crippen LogP contribution in [0.15, 0.2) is 48.5 Å². The lowest BCUT2D eigenvalue weighted by Gasteiger charge is -2.39. The monoisotopic (exact) mass is 346 g/mol. The Morgan fingerprint density at radius 3 is 2.65 bits per heavy atom. The number of nitrogens with one attached hydrogen (secondary N) is 1. The van der Waals surface area contributed by atoms with E-state index in [0.29, 0.717) is 6.61 Å². The average Bonchev–Trinajstić information content (AvgIpc) is 3.20. The Hall–Kier alpha value is -2.59. The van der Waals surface area contributed by atoms with Crippen molar-refractivity contribution < 1.29 is 9.53 Å². The average molecular weight is 346 g/mol. The first-order valence-electron chi connectivity index (χ1n) is 9.27. The summed E-state index contributed by atoms with van der Waals surface area (Å²) in [6.07, 6.45) is 1.72. The Kier molecular flexibility index (Phi) is 3.44. The molecule has 1 aromatic heterocycles. The van der Waals surface area contributed by atoms with Crippen LogP contribution in [0.3, 0.4) is 0 Å². The third-order valence-electron chi connectivity index (χ3n) is 5.98. The number of hydrogen-bond acceptors (Lipinski definition) is 2. The number of rotatable bonds is 1. The van der Waals surface area contributed by atoms with Gasteiger partial charge in [0.2, 0.25) is 0 Å². The summed E-state index contributed by atoms with van der Waals surface area (Å²) in [5.74, 6) is 0.126. The highest BCUT2D eigenvalue weighted by atomic mass is 16.5. The molecular weight excluding hydrogens is 324 g/mol. The highest BCUT2D eigenvalue weighted by Crippen LogP contribution is 2.44. The molecule has 2 aliphatic heterocycles. The van der Waals surface area contributed by atoms with Crippen LogP contribution in [-0.2, 0) is 16.9 Å². The second kappa shape index (κ2) is 5.71. The molecule has 0 atom stereocenters. The van der Waals surface area contributed by atoms with Crippen molar-refractivity contribution in [2.45, 2.75) is 32.0 Å². The minimum absolute atomic E-state index is 0.126. The summed E-state index contributed by atoms with van der Waals surface area (Å²) in [6.45, 7) is 4.12. The van der Waals surface area contributed by atoms with Crippen molar-refractivity contribution in [1.29, 1.82) is 0 Å². The van der Waals surface area contributed by atoms with Crippen molar-refractivity contribution in [1.82, 2.24) is 9.88 Å². The molecule has 1 spiro atoms. The van der Waals surface area contributed by atoms with Gasteiger partial charge >= 0.3 is 0 Å². The van der Waals surface area contributed by atoms with Crippen molar-refractivity contribution >= 4 is 16.8 Å². The number of fused-ring (bicyclic) bond motifs is 3. The summed E-state index contributed by atoms with van der Waals surface area (Å²) >= 11 is 0. The van der Waals surface area contributed by atoms with Gasteiger partial charge in [-0.15, -0.1) is 0 Å². The van der Waals surface area contributed by atoms with E-state index in [1.54, 1.807) is 0 Å². The second-order valence-corrected chi connectivity index (χ2v) is 7.40. The van der Waals surface area contributed by atoms with E-state index < -0.39 is 0 Å². The molecule has 1 amide bonds. The van der Waals surface area contributed by atoms with Crippen molar-refractivity contribution in [2.24, 2.45) is 0 Å². The minimum atomic E-state index is -0.206. The second-order valence-electron chi connectivity index (χ2n) is 7.40. The summed E-state index contributed by atoms with van der Waals surface area (Å²) < 4.78 is 6.22. The van der Waals surface area contributed by atoms with Gasteiger partial charge in [0.05, 0.1) is 17.8 Å². The van der Waals surface area contributed by atoms with E-state index in [0.717, 1.165) is 48.1 Å². The van der Waals surface area contributed by atoms with Crippen LogP contribution in [0.1, 0.15) is 40.0 Å². The molecule has 2 aromatic carbocycles. The first-order valence-corrected chi connectivity index (χ1v) is 9.27. The van der Waals surface area contributed by atoms with E-state index in [1.165, 1.54) is 11.1 Å². The number of likely N-dealkylation sites (tertiary alicyclic amines) is 1. The molecule has 0 aliphatic carbocycles. The predicted molar refractivity (Wildman–Crippen MR) is 101 cm³/mol. The van der Waals surface area contributed by atoms with Crippen LogP contribution in [0.5, 0.6) is 0 Å². The molecule has 4 heteroatoms. The standard InChI is InChI=1S/C22H22N2O2/c1-15-20(17-7-3-5-9-19(17)23-15)21(25)24-12-10-22(11-13-24)18-8-4-2-6-16(18)14-26-22/h2-9,23H,10-14H2,1H3. The van der Waals surface area contributed by atoms with Crippen LogP contribution in [0.25, 0.3) is 10.9 Å². The van der Waals surface area contributed by atoms with Gasteiger partial charge in [-0.25, -0.2) is 0 Å². The van der Waals surface area contributed by atoms with E-state index >= 15 is 0 Å². The first kappa shape index (κ1) is 15.6. The summed E-state index contributed by atoms with van der Waals surface area (Å²) in [5.41, 5.74) is 5.18. The Labute approximate surface area is 152 Å². The highest BCUT2D eigenvalue weighted by Gasteiger charge is 2.43. The fraction of sp³-hybridized carbons (Fsp3) is 0.318. The molecule has 132 valence electrons. The van der Waals surface area contributed by atoms with Crippen molar-refractivity contribution in [2.75, 3.05) is 13.1 Å². The fourth-order valence-electron chi connectivity index (χ4n) is 4.58. The predicted octanol–water partition coefficient (Wildman–Crippen LogP) is 4.14. The molecule has 1 N–H and O–H groups in total. The summed E-state index contributed by atoms with van der Waals surface area (Å²) in [4.78, 5) is 18.5. The zero-order chi connectivity index (χ0) is 17.7. The van der Waals surface area contributed by atoms with E-state index in [1.807, 2.05) is 36.1 Å². The third-order valence-corrected chi connectivity index (χ3v) is 5.98. The van der Waals surface area contributed by atoms with E-state index in [2.05, 4.69) is 29.2 Å². The van der Waals surface area contributed by atoms with Crippen molar-refractivity contribution in [3.05, 3.63) is 70.9 Å². The van der Waals surface area contributed by atoms with Gasteiger partial charge in [-0.05, 0) is 37.0 Å². The first-order chi connectivity index (χ1) is 12.7. The number of nitrogens with zero attached hydrogens (tertiary/aromatic N) is 1. The molecule has 2 aliphatic rings. The lowest BCUT2D eigenvalue weighted by atomic mass is 9.83. The molecule has 0 bridgehead atoms. The molecule has 1 saturated heterocycles. The molecule has 3 heterocycles. The molecule has 0 saturated carbocycles. The van der Waals surface area contributed by atoms with E-state index in [-0.39, 0.29) is 11.5 Å². The zero-order valence-corrected chi connectivity index (χ0v) is 14.9. The molecule has 3 aromatic rings. The van der Waals surface area contributed by atoms with Gasteiger partial charge in [0.15, 0.2) is 0 Å². The Morgan fingerprint density at radius 2 is 1.81 bits per heavy atom. The van der Waals surface area contributed by atoms with Gasteiger partial charge in [-0.2, -0.15) is 0 Å². The van der Waals surface area contributed by atoms with Gasteiger partial charge < -0.3 is 14.6 Å². The third kappa shape index (κ3) is 2.22. The number of ether oxygens (including phenoxy) is 1. The maximum absolute atomic E-state index is 13.2. The van der Waals surface area contributed by atoms with Crippen molar-refractivity contribution in [3.8, 4) is 0 Å². The Balaban J connectivity index is 1.41. The number of aromatic amines is 1. The smallest absolute Gasteiger partial charge is 0.256 e.